The first-order valence-corrected chi connectivity index (χ1v) is 39.1. The zero-order chi connectivity index (χ0) is 85.2. The van der Waals surface area contributed by atoms with Crippen molar-refractivity contribution >= 4 is 88.3 Å². The van der Waals surface area contributed by atoms with Gasteiger partial charge < -0.3 is 102 Å². The van der Waals surface area contributed by atoms with Crippen LogP contribution in [0.3, 0.4) is 0 Å². The number of carbonyl (C=O) groups is 11. The van der Waals surface area contributed by atoms with Crippen LogP contribution in [-0.4, -0.2) is 268 Å². The molecule has 6 atom stereocenters. The first kappa shape index (κ1) is 89.0. The van der Waals surface area contributed by atoms with E-state index in [1.54, 1.807) is 13.2 Å². The van der Waals surface area contributed by atoms with E-state index in [1.807, 2.05) is 69.3 Å². The lowest BCUT2D eigenvalue weighted by atomic mass is 9.87. The van der Waals surface area contributed by atoms with Crippen molar-refractivity contribution in [1.29, 1.82) is 0 Å². The molecule has 3 aromatic carbocycles. The molecule has 6 heterocycles. The zero-order valence-corrected chi connectivity index (χ0v) is 68.5. The molecule has 4 aliphatic heterocycles. The summed E-state index contributed by atoms with van der Waals surface area (Å²) in [6.07, 6.45) is -3.00. The molecule has 1 saturated carbocycles. The SMILES string of the molecule is COC(=O)C1O[C@@H](Oc2ccc(COC(=O)N(C)CCN(C)C(=O)OCC(OC3CC3)(c3ccccc3)c3nc(N4CCC(N5CCC(C)(NC(=O)OC(C)(C)C)CC5)CC4)nc4ccc(-c5cn(C)c(=O)cc5OC)cc34)cc2NC(=O)CCNC(=O)CCOCCOCCN2C(=O)C=CC2=O)[C@H](OC(C)=O)[C@@H](OC(C)=O)[C@@H]1OC(C)=O. The summed E-state index contributed by atoms with van der Waals surface area (Å²) in [4.78, 5) is 175. The van der Waals surface area contributed by atoms with Crippen LogP contribution in [-0.2, 0) is 110 Å². The van der Waals surface area contributed by atoms with Gasteiger partial charge in [0, 0.05) is 148 Å². The minimum absolute atomic E-state index is 0.00636. The highest BCUT2D eigenvalue weighted by atomic mass is 16.7. The molecule has 36 heteroatoms. The lowest BCUT2D eigenvalue weighted by Crippen LogP contribution is -2.64. The summed E-state index contributed by atoms with van der Waals surface area (Å²) < 4.78 is 76.9. The van der Waals surface area contributed by atoms with Crippen molar-refractivity contribution in [3.05, 3.63) is 118 Å². The number of fused-ring (bicyclic) bond motifs is 1. The minimum Gasteiger partial charge on any atom is -0.496 e. The number of aromatic nitrogens is 3. The van der Waals surface area contributed by atoms with Crippen LogP contribution in [0.1, 0.15) is 117 Å². The van der Waals surface area contributed by atoms with Gasteiger partial charge in [0.15, 0.2) is 23.9 Å². The standard InChI is InChI=1S/C82H105N11O25/c1-50(94)112-69-70(113-51(2)95)72(114-52(3)96)75(116-71(69)74(102)107-12)115-62-23-18-53(44-61(62)84-65(98)26-32-83-64(97)29-40-108-42-43-109-41-39-93-66(99)24-25-67(93)100)48-110-78(104)88(8)37-38-89(9)79(105)111-49-82(117-57-20-21-57,55-16-14-13-15-17-55)73-58-45-54(59-47-90(10)68(101)46-63(59)106-11)19-22-60(58)85-76(86-73)92-33-27-56(28-34-92)91-35-30-81(7,31-36-91)87-77(103)118-80(4,5)6/h13-19,22-25,44-47,56-57,69-72,75H,20-21,26-43,48-49H2,1-12H3,(H,83,97)(H,84,98)(H,87,103)/t69-,70-,71?,72+,75+,82?/m0/s1. The number of alkyl carbamates (subject to hydrolysis) is 1. The van der Waals surface area contributed by atoms with Crippen LogP contribution in [0.2, 0.25) is 0 Å². The predicted molar refractivity (Wildman–Crippen MR) is 421 cm³/mol. The number of carbonyl (C=O) groups excluding carboxylic acids is 11. The van der Waals surface area contributed by atoms with E-state index in [0.29, 0.717) is 58.1 Å². The van der Waals surface area contributed by atoms with Gasteiger partial charge >= 0.3 is 42.2 Å². The average molecular weight is 1640 g/mol. The fraction of sp³-hybridized carbons (Fsp3) is 0.537. The minimum atomic E-state index is -1.86. The number of anilines is 2. The van der Waals surface area contributed by atoms with E-state index in [2.05, 4.69) is 32.7 Å². The largest absolute Gasteiger partial charge is 0.496 e. The number of likely N-dealkylation sites (tertiary alicyclic amines) is 1. The smallest absolute Gasteiger partial charge is 0.409 e. The molecule has 0 bridgehead atoms. The summed E-state index contributed by atoms with van der Waals surface area (Å²) in [6.45, 7) is 12.7. The van der Waals surface area contributed by atoms with Gasteiger partial charge in [0.1, 0.15) is 30.3 Å². The van der Waals surface area contributed by atoms with Crippen LogP contribution < -0.4 is 35.9 Å². The lowest BCUT2D eigenvalue weighted by Gasteiger charge is -2.45. The maximum atomic E-state index is 14.6. The van der Waals surface area contributed by atoms with E-state index in [9.17, 15) is 57.5 Å². The molecule has 638 valence electrons. The summed E-state index contributed by atoms with van der Waals surface area (Å²) in [5.74, 6) is -5.34. The van der Waals surface area contributed by atoms with Gasteiger partial charge in [-0.2, -0.15) is 0 Å². The number of amides is 7. The highest BCUT2D eigenvalue weighted by Crippen LogP contribution is 2.45. The third-order valence-corrected chi connectivity index (χ3v) is 20.3. The lowest BCUT2D eigenvalue weighted by molar-refractivity contribution is -0.282. The molecule has 0 radical (unpaired) electrons. The van der Waals surface area contributed by atoms with Crippen LogP contribution >= 0.6 is 0 Å². The highest BCUT2D eigenvalue weighted by molar-refractivity contribution is 6.12. The quantitative estimate of drug-likeness (QED) is 0.0182. The van der Waals surface area contributed by atoms with Gasteiger partial charge in [0.05, 0.1) is 70.2 Å². The van der Waals surface area contributed by atoms with Gasteiger partial charge in [-0.25, -0.2) is 29.1 Å². The molecular formula is C82H105N11O25. The van der Waals surface area contributed by atoms with E-state index in [0.717, 1.165) is 84.4 Å². The van der Waals surface area contributed by atoms with Crippen LogP contribution in [0.5, 0.6) is 11.5 Å². The van der Waals surface area contributed by atoms with Gasteiger partial charge in [-0.1, -0.05) is 42.5 Å². The van der Waals surface area contributed by atoms with Gasteiger partial charge in [0.2, 0.25) is 30.2 Å². The van der Waals surface area contributed by atoms with Crippen LogP contribution in [0.15, 0.2) is 95.9 Å². The Morgan fingerprint density at radius 2 is 1.34 bits per heavy atom. The number of hydrogen-bond acceptors (Lipinski definition) is 29. The Balaban J connectivity index is 0.833. The van der Waals surface area contributed by atoms with E-state index in [4.69, 9.17) is 71.5 Å². The van der Waals surface area contributed by atoms with Crippen LogP contribution in [0.4, 0.5) is 26.0 Å². The Hall–Kier alpha value is -11.3. The zero-order valence-electron chi connectivity index (χ0n) is 68.5. The number of piperidine rings is 2. The maximum absolute atomic E-state index is 14.6. The van der Waals surface area contributed by atoms with Crippen molar-refractivity contribution in [2.45, 2.75) is 166 Å². The van der Waals surface area contributed by atoms with E-state index < -0.39 is 120 Å². The normalized spacial score (nSPS) is 19.2. The number of pyridine rings is 1. The Morgan fingerprint density at radius 3 is 1.97 bits per heavy atom. The molecule has 2 unspecified atom stereocenters. The van der Waals surface area contributed by atoms with Crippen molar-refractivity contribution in [3.8, 4) is 22.6 Å². The number of aryl methyl sites for hydroxylation is 1. The summed E-state index contributed by atoms with van der Waals surface area (Å²) in [5, 5.41) is 9.05. The van der Waals surface area contributed by atoms with E-state index in [-0.39, 0.29) is 107 Å². The molecule has 5 aromatic rings. The fourth-order valence-corrected chi connectivity index (χ4v) is 13.9. The average Bonchev–Trinajstić information content (AvgIpc) is 1.07. The van der Waals surface area contributed by atoms with Crippen LogP contribution in [0, 0.1) is 0 Å². The van der Waals surface area contributed by atoms with Crippen molar-refractivity contribution in [3.63, 3.8) is 0 Å². The second-order valence-corrected chi connectivity index (χ2v) is 30.6. The van der Waals surface area contributed by atoms with Gasteiger partial charge in [-0.15, -0.1) is 0 Å². The molecule has 1 aliphatic carbocycles. The second-order valence-electron chi connectivity index (χ2n) is 30.6. The number of likely N-dealkylation sites (N-methyl/N-ethyl adjacent to an activating group) is 2. The first-order chi connectivity index (χ1) is 56.2. The number of rotatable bonds is 35. The third kappa shape index (κ3) is 24.0. The molecule has 2 aromatic heterocycles. The third-order valence-electron chi connectivity index (χ3n) is 20.3. The van der Waals surface area contributed by atoms with Crippen molar-refractivity contribution in [2.24, 2.45) is 7.05 Å². The van der Waals surface area contributed by atoms with Crippen molar-refractivity contribution in [2.75, 3.05) is 124 Å². The summed E-state index contributed by atoms with van der Waals surface area (Å²) in [7, 11) is 7.14. The Kier molecular flexibility index (Phi) is 30.3. The van der Waals surface area contributed by atoms with Crippen molar-refractivity contribution in [1.82, 2.24) is 44.8 Å². The van der Waals surface area contributed by atoms with Gasteiger partial charge in [-0.05, 0) is 107 Å². The summed E-state index contributed by atoms with van der Waals surface area (Å²) >= 11 is 0. The van der Waals surface area contributed by atoms with E-state index >= 15 is 0 Å². The highest BCUT2D eigenvalue weighted by Gasteiger charge is 2.56. The number of methoxy groups -OCH3 is 2. The number of nitrogens with one attached hydrogen (secondary N) is 3. The fourth-order valence-electron chi connectivity index (χ4n) is 13.9. The van der Waals surface area contributed by atoms with Gasteiger partial charge in [0.25, 0.3) is 17.4 Å². The number of ether oxygens (including phenoxy) is 13. The molecule has 36 nitrogen and oxygen atoms in total. The summed E-state index contributed by atoms with van der Waals surface area (Å²) in [6, 6.07) is 21.0. The molecule has 10 rings (SSSR count). The number of hydrogen-bond donors (Lipinski definition) is 3. The first-order valence-electron chi connectivity index (χ1n) is 39.1. The molecule has 5 aliphatic rings. The maximum Gasteiger partial charge on any atom is 0.409 e. The number of esters is 4. The topological polar surface area (TPSA) is 408 Å². The van der Waals surface area contributed by atoms with Crippen LogP contribution in [0.25, 0.3) is 22.0 Å². The number of imide groups is 1. The summed E-state index contributed by atoms with van der Waals surface area (Å²) in [5.41, 5.74) is 0.230. The Morgan fingerprint density at radius 1 is 0.695 bits per heavy atom. The Labute approximate surface area is 682 Å². The molecule has 0 spiro atoms. The molecule has 3 saturated heterocycles. The van der Waals surface area contributed by atoms with Gasteiger partial charge in [-0.3, -0.25) is 43.3 Å². The Bertz CT molecular complexity index is 4540. The molecule has 118 heavy (non-hydrogen) atoms. The molecule has 7 amide bonds. The number of nitrogens with zero attached hydrogens (tertiary/aromatic N) is 8. The van der Waals surface area contributed by atoms with Crippen molar-refractivity contribution < 1.29 is 114 Å². The second kappa shape index (κ2) is 40.2. The predicted octanol–water partition coefficient (Wildman–Crippen LogP) is 5.98. The molecular weight excluding hydrogens is 1540 g/mol. The number of benzene rings is 3. The van der Waals surface area contributed by atoms with E-state index in [1.165, 1.54) is 72.0 Å². The molecule has 3 N–H and O–H groups in total. The molecule has 4 fully saturated rings. The monoisotopic (exact) mass is 1640 g/mol.